The number of phenols is 1. The molecular weight excluding hydrogens is 385 g/mol. The van der Waals surface area contributed by atoms with E-state index in [4.69, 9.17) is 23.2 Å². The number of carbonyl (C=O) groups is 1. The number of halogens is 2. The van der Waals surface area contributed by atoms with Crippen molar-refractivity contribution in [1.82, 2.24) is 15.1 Å². The van der Waals surface area contributed by atoms with Crippen molar-refractivity contribution < 1.29 is 9.90 Å². The first-order valence-electron chi connectivity index (χ1n) is 8.64. The molecule has 1 aliphatic rings. The molecule has 7 heteroatoms. The summed E-state index contributed by atoms with van der Waals surface area (Å²) in [5.74, 6) is -0.0583. The Morgan fingerprint density at radius 1 is 1.19 bits per heavy atom. The summed E-state index contributed by atoms with van der Waals surface area (Å²) in [7, 11) is 0. The Morgan fingerprint density at radius 2 is 1.96 bits per heavy atom. The smallest absolute Gasteiger partial charge is 0.273 e. The average Bonchev–Trinajstić information content (AvgIpc) is 3.17. The molecule has 27 heavy (non-hydrogen) atoms. The van der Waals surface area contributed by atoms with Crippen molar-refractivity contribution in [3.63, 3.8) is 0 Å². The van der Waals surface area contributed by atoms with Gasteiger partial charge >= 0.3 is 0 Å². The average molecular weight is 402 g/mol. The van der Waals surface area contributed by atoms with Crippen LogP contribution in [0.1, 0.15) is 41.0 Å². The summed E-state index contributed by atoms with van der Waals surface area (Å²) in [4.78, 5) is 14.8. The molecule has 5 nitrogen and oxygen atoms in total. The van der Waals surface area contributed by atoms with Crippen LogP contribution in [0.25, 0.3) is 11.3 Å². The highest BCUT2D eigenvalue weighted by molar-refractivity contribution is 6.31. The maximum atomic E-state index is 13.0. The van der Waals surface area contributed by atoms with E-state index in [0.717, 1.165) is 17.5 Å². The van der Waals surface area contributed by atoms with Gasteiger partial charge in [-0.1, -0.05) is 42.3 Å². The number of amides is 1. The van der Waals surface area contributed by atoms with Gasteiger partial charge in [-0.2, -0.15) is 5.10 Å². The number of aromatic amines is 1. The predicted octanol–water partition coefficient (Wildman–Crippen LogP) is 5.04. The molecule has 0 aliphatic carbocycles. The van der Waals surface area contributed by atoms with Gasteiger partial charge in [0, 0.05) is 27.7 Å². The van der Waals surface area contributed by atoms with Gasteiger partial charge in [-0.15, -0.1) is 0 Å². The van der Waals surface area contributed by atoms with E-state index in [1.807, 2.05) is 25.1 Å². The van der Waals surface area contributed by atoms with E-state index in [1.165, 1.54) is 6.07 Å². The van der Waals surface area contributed by atoms with E-state index in [9.17, 15) is 9.90 Å². The predicted molar refractivity (Wildman–Crippen MR) is 105 cm³/mol. The first-order chi connectivity index (χ1) is 13.0. The summed E-state index contributed by atoms with van der Waals surface area (Å²) in [5, 5.41) is 18.6. The van der Waals surface area contributed by atoms with Gasteiger partial charge in [0.05, 0.1) is 6.04 Å². The zero-order valence-corrected chi connectivity index (χ0v) is 16.1. The van der Waals surface area contributed by atoms with Crippen molar-refractivity contribution in [1.29, 1.82) is 0 Å². The molecule has 1 atom stereocenters. The Kier molecular flexibility index (Phi) is 4.58. The molecule has 1 aliphatic heterocycles. The molecule has 0 fully saturated rings. The molecule has 1 amide bonds. The third-order valence-electron chi connectivity index (χ3n) is 4.71. The number of H-pyrrole nitrogens is 1. The summed E-state index contributed by atoms with van der Waals surface area (Å²) in [6.45, 7) is 2.62. The van der Waals surface area contributed by atoms with Crippen LogP contribution in [-0.4, -0.2) is 32.7 Å². The van der Waals surface area contributed by atoms with Crippen LogP contribution in [0, 0.1) is 0 Å². The van der Waals surface area contributed by atoms with Crippen molar-refractivity contribution in [2.75, 3.05) is 6.54 Å². The molecule has 138 valence electrons. The molecule has 4 rings (SSSR count). The molecule has 0 spiro atoms. The summed E-state index contributed by atoms with van der Waals surface area (Å²) >= 11 is 12.3. The standard InChI is InChI=1S/C20H17Cl2N3O2/c1-2-8-25-19(11-4-3-5-12(21)9-11)16-17(23-24-18(16)20(25)27)14-10-13(22)6-7-15(14)26/h3-7,9-10,19,26H,2,8H2,1H3,(H,23,24). The van der Waals surface area contributed by atoms with Gasteiger partial charge in [0.2, 0.25) is 0 Å². The van der Waals surface area contributed by atoms with E-state index in [-0.39, 0.29) is 17.7 Å². The largest absolute Gasteiger partial charge is 0.507 e. The third-order valence-corrected chi connectivity index (χ3v) is 5.18. The van der Waals surface area contributed by atoms with Crippen LogP contribution in [0.2, 0.25) is 10.0 Å². The number of hydrogen-bond donors (Lipinski definition) is 2. The summed E-state index contributed by atoms with van der Waals surface area (Å²) in [6.07, 6.45) is 0.818. The SMILES string of the molecule is CCCN1C(=O)c2[nH]nc(-c3cc(Cl)ccc3O)c2C1c1cccc(Cl)c1. The second-order valence-corrected chi connectivity index (χ2v) is 7.35. The number of phenolic OH excluding ortho intramolecular Hbond substituents is 1. The topological polar surface area (TPSA) is 69.2 Å². The van der Waals surface area contributed by atoms with Gasteiger partial charge in [-0.25, -0.2) is 0 Å². The van der Waals surface area contributed by atoms with E-state index in [1.54, 1.807) is 23.1 Å². The Bertz CT molecular complexity index is 1030. The monoisotopic (exact) mass is 401 g/mol. The number of fused-ring (bicyclic) bond motifs is 1. The third kappa shape index (κ3) is 2.97. The fraction of sp³-hybridized carbons (Fsp3) is 0.200. The zero-order valence-electron chi connectivity index (χ0n) is 14.5. The van der Waals surface area contributed by atoms with Gasteiger partial charge in [0.1, 0.15) is 17.1 Å². The maximum Gasteiger partial charge on any atom is 0.273 e. The highest BCUT2D eigenvalue weighted by atomic mass is 35.5. The van der Waals surface area contributed by atoms with E-state index >= 15 is 0 Å². The molecule has 1 unspecified atom stereocenters. The maximum absolute atomic E-state index is 13.0. The van der Waals surface area contributed by atoms with Gasteiger partial charge in [-0.3, -0.25) is 9.89 Å². The minimum Gasteiger partial charge on any atom is -0.507 e. The lowest BCUT2D eigenvalue weighted by Gasteiger charge is -2.26. The van der Waals surface area contributed by atoms with E-state index < -0.39 is 0 Å². The first-order valence-corrected chi connectivity index (χ1v) is 9.40. The van der Waals surface area contributed by atoms with Gasteiger partial charge in [0.15, 0.2) is 0 Å². The number of rotatable bonds is 4. The highest BCUT2D eigenvalue weighted by Gasteiger charge is 2.42. The van der Waals surface area contributed by atoms with Gasteiger partial charge in [0.25, 0.3) is 5.91 Å². The van der Waals surface area contributed by atoms with Crippen LogP contribution in [0.15, 0.2) is 42.5 Å². The molecule has 2 heterocycles. The molecule has 2 N–H and O–H groups in total. The van der Waals surface area contributed by atoms with Crippen molar-refractivity contribution in [3.8, 4) is 17.0 Å². The second kappa shape index (κ2) is 6.91. The molecule has 3 aromatic rings. The normalized spacial score (nSPS) is 16.0. The van der Waals surface area contributed by atoms with Crippen molar-refractivity contribution in [2.24, 2.45) is 0 Å². The number of aromatic hydroxyl groups is 1. The van der Waals surface area contributed by atoms with Gasteiger partial charge in [-0.05, 0) is 42.3 Å². The van der Waals surface area contributed by atoms with Crippen LogP contribution in [0.3, 0.4) is 0 Å². The molecule has 0 saturated carbocycles. The second-order valence-electron chi connectivity index (χ2n) is 6.48. The molecule has 0 bridgehead atoms. The van der Waals surface area contributed by atoms with E-state index in [0.29, 0.717) is 33.5 Å². The summed E-state index contributed by atoms with van der Waals surface area (Å²) in [6, 6.07) is 11.9. The minimum atomic E-state index is -0.335. The van der Waals surface area contributed by atoms with Crippen LogP contribution >= 0.6 is 23.2 Å². The lowest BCUT2D eigenvalue weighted by Crippen LogP contribution is -2.30. The molecule has 1 aromatic heterocycles. The highest BCUT2D eigenvalue weighted by Crippen LogP contribution is 2.45. The fourth-order valence-electron chi connectivity index (χ4n) is 3.59. The Morgan fingerprint density at radius 3 is 2.70 bits per heavy atom. The van der Waals surface area contributed by atoms with Crippen LogP contribution in [-0.2, 0) is 0 Å². The number of nitrogens with zero attached hydrogens (tertiary/aromatic N) is 2. The van der Waals surface area contributed by atoms with Crippen LogP contribution in [0.5, 0.6) is 5.75 Å². The van der Waals surface area contributed by atoms with Crippen LogP contribution in [0.4, 0.5) is 0 Å². The number of carbonyl (C=O) groups excluding carboxylic acids is 1. The van der Waals surface area contributed by atoms with Crippen LogP contribution < -0.4 is 0 Å². The van der Waals surface area contributed by atoms with Gasteiger partial charge < -0.3 is 10.0 Å². The number of hydrogen-bond acceptors (Lipinski definition) is 3. The quantitative estimate of drug-likeness (QED) is 0.642. The lowest BCUT2D eigenvalue weighted by atomic mass is 9.95. The summed E-state index contributed by atoms with van der Waals surface area (Å²) < 4.78 is 0. The minimum absolute atomic E-state index is 0.0555. The number of benzene rings is 2. The number of aromatic nitrogens is 2. The van der Waals surface area contributed by atoms with E-state index in [2.05, 4.69) is 10.2 Å². The fourth-order valence-corrected chi connectivity index (χ4v) is 3.97. The first kappa shape index (κ1) is 17.9. The lowest BCUT2D eigenvalue weighted by molar-refractivity contribution is 0.0744. The molecular formula is C20H17Cl2N3O2. The van der Waals surface area contributed by atoms with Crippen molar-refractivity contribution in [2.45, 2.75) is 19.4 Å². The molecule has 0 radical (unpaired) electrons. The molecule has 2 aromatic carbocycles. The Labute approximate surface area is 166 Å². The number of nitrogens with one attached hydrogen (secondary N) is 1. The molecule has 0 saturated heterocycles. The van der Waals surface area contributed by atoms with Crippen molar-refractivity contribution >= 4 is 29.1 Å². The summed E-state index contributed by atoms with van der Waals surface area (Å²) in [5.41, 5.74) is 3.06. The Balaban J connectivity index is 1.94. The Hall–Kier alpha value is -2.50. The zero-order chi connectivity index (χ0) is 19.1. The van der Waals surface area contributed by atoms with Crippen molar-refractivity contribution in [3.05, 3.63) is 69.3 Å².